The van der Waals surface area contributed by atoms with Crippen LogP contribution in [0.15, 0.2) is 60.9 Å². The maximum atomic E-state index is 13.5. The molecule has 0 bridgehead atoms. The lowest BCUT2D eigenvalue weighted by Gasteiger charge is -2.11. The Morgan fingerprint density at radius 3 is 2.63 bits per heavy atom. The fourth-order valence-corrected chi connectivity index (χ4v) is 3.19. The molecule has 4 aromatic rings. The highest BCUT2D eigenvalue weighted by Crippen LogP contribution is 2.26. The van der Waals surface area contributed by atoms with E-state index in [1.165, 1.54) is 6.07 Å². The molecule has 2 heterocycles. The van der Waals surface area contributed by atoms with Gasteiger partial charge in [0.15, 0.2) is 17.5 Å². The molecule has 7 heteroatoms. The van der Waals surface area contributed by atoms with Crippen molar-refractivity contribution in [1.82, 2.24) is 15.0 Å². The molecule has 2 aromatic heterocycles. The molecular formula is C20H13F2IN4. The third-order valence-electron chi connectivity index (χ3n) is 4.02. The molecule has 0 unspecified atom stereocenters. The Bertz CT molecular complexity index is 1120. The summed E-state index contributed by atoms with van der Waals surface area (Å²) in [6.07, 6.45) is 3.39. The normalized spacial score (nSPS) is 10.9. The molecule has 4 rings (SSSR count). The van der Waals surface area contributed by atoms with Gasteiger partial charge in [0, 0.05) is 33.5 Å². The first-order valence-electron chi connectivity index (χ1n) is 8.15. The van der Waals surface area contributed by atoms with Gasteiger partial charge in [-0.15, -0.1) is 0 Å². The first-order valence-corrected chi connectivity index (χ1v) is 9.23. The van der Waals surface area contributed by atoms with E-state index >= 15 is 0 Å². The van der Waals surface area contributed by atoms with E-state index in [2.05, 4.69) is 42.9 Å². The number of benzene rings is 2. The predicted molar refractivity (Wildman–Crippen MR) is 109 cm³/mol. The molecule has 0 aliphatic rings. The molecule has 27 heavy (non-hydrogen) atoms. The zero-order valence-corrected chi connectivity index (χ0v) is 16.1. The van der Waals surface area contributed by atoms with Crippen molar-refractivity contribution < 1.29 is 8.78 Å². The van der Waals surface area contributed by atoms with Crippen LogP contribution in [0.4, 0.5) is 14.6 Å². The summed E-state index contributed by atoms with van der Waals surface area (Å²) >= 11 is 2.23. The van der Waals surface area contributed by atoms with Crippen molar-refractivity contribution >= 4 is 39.3 Å². The van der Waals surface area contributed by atoms with Crippen LogP contribution in [-0.2, 0) is 6.54 Å². The molecule has 0 aliphatic carbocycles. The van der Waals surface area contributed by atoms with Crippen molar-refractivity contribution in [1.29, 1.82) is 0 Å². The summed E-state index contributed by atoms with van der Waals surface area (Å²) in [6, 6.07) is 13.4. The van der Waals surface area contributed by atoms with Gasteiger partial charge in [0.1, 0.15) is 5.82 Å². The molecule has 134 valence electrons. The second-order valence-electron chi connectivity index (χ2n) is 5.90. The Hall–Kier alpha value is -2.68. The molecule has 4 nitrogen and oxygen atoms in total. The Labute approximate surface area is 167 Å². The SMILES string of the molecule is Fc1ccc(CNc2nc(-c3cccnc3)nc3ccc(I)cc23)cc1F. The summed E-state index contributed by atoms with van der Waals surface area (Å²) in [5.74, 6) is -0.557. The Balaban J connectivity index is 1.75. The van der Waals surface area contributed by atoms with E-state index in [-0.39, 0.29) is 0 Å². The lowest BCUT2D eigenvalue weighted by Crippen LogP contribution is -2.05. The van der Waals surface area contributed by atoms with Crippen LogP contribution in [0, 0.1) is 15.2 Å². The Kier molecular flexibility index (Phi) is 4.93. The Morgan fingerprint density at radius 2 is 1.85 bits per heavy atom. The number of hydrogen-bond acceptors (Lipinski definition) is 4. The molecule has 2 aromatic carbocycles. The van der Waals surface area contributed by atoms with Crippen LogP contribution in [0.2, 0.25) is 0 Å². The highest BCUT2D eigenvalue weighted by atomic mass is 127. The number of nitrogens with zero attached hydrogens (tertiary/aromatic N) is 3. The third kappa shape index (κ3) is 3.87. The minimum Gasteiger partial charge on any atom is -0.365 e. The maximum Gasteiger partial charge on any atom is 0.163 e. The van der Waals surface area contributed by atoms with Crippen LogP contribution in [-0.4, -0.2) is 15.0 Å². The zero-order valence-electron chi connectivity index (χ0n) is 14.0. The van der Waals surface area contributed by atoms with E-state index in [4.69, 9.17) is 0 Å². The van der Waals surface area contributed by atoms with E-state index < -0.39 is 11.6 Å². The van der Waals surface area contributed by atoms with Gasteiger partial charge in [-0.25, -0.2) is 18.7 Å². The fraction of sp³-hybridized carbons (Fsp3) is 0.0500. The average molecular weight is 474 g/mol. The Morgan fingerprint density at radius 1 is 0.963 bits per heavy atom. The molecule has 0 saturated heterocycles. The highest BCUT2D eigenvalue weighted by Gasteiger charge is 2.11. The van der Waals surface area contributed by atoms with Crippen molar-refractivity contribution in [2.24, 2.45) is 0 Å². The second kappa shape index (κ2) is 7.51. The lowest BCUT2D eigenvalue weighted by molar-refractivity contribution is 0.507. The summed E-state index contributed by atoms with van der Waals surface area (Å²) in [7, 11) is 0. The first-order chi connectivity index (χ1) is 13.1. The van der Waals surface area contributed by atoms with Gasteiger partial charge in [-0.05, 0) is 70.6 Å². The number of nitrogens with one attached hydrogen (secondary N) is 1. The molecule has 0 radical (unpaired) electrons. The van der Waals surface area contributed by atoms with E-state index in [0.29, 0.717) is 23.8 Å². The quantitative estimate of drug-likeness (QED) is 0.414. The number of fused-ring (bicyclic) bond motifs is 1. The molecule has 0 aliphatic heterocycles. The topological polar surface area (TPSA) is 50.7 Å². The minimum absolute atomic E-state index is 0.307. The molecule has 0 saturated carbocycles. The van der Waals surface area contributed by atoms with Crippen molar-refractivity contribution in [2.45, 2.75) is 6.54 Å². The van der Waals surface area contributed by atoms with Crippen LogP contribution in [0.5, 0.6) is 0 Å². The van der Waals surface area contributed by atoms with E-state index in [1.54, 1.807) is 18.5 Å². The summed E-state index contributed by atoms with van der Waals surface area (Å²) < 4.78 is 27.6. The van der Waals surface area contributed by atoms with Gasteiger partial charge >= 0.3 is 0 Å². The van der Waals surface area contributed by atoms with E-state index in [0.717, 1.165) is 26.1 Å². The first kappa shape index (κ1) is 17.7. The second-order valence-corrected chi connectivity index (χ2v) is 7.15. The van der Waals surface area contributed by atoms with Crippen LogP contribution in [0.1, 0.15) is 5.56 Å². The third-order valence-corrected chi connectivity index (χ3v) is 4.69. The number of pyridine rings is 1. The maximum absolute atomic E-state index is 13.5. The molecule has 0 fully saturated rings. The largest absolute Gasteiger partial charge is 0.365 e. The number of hydrogen-bond donors (Lipinski definition) is 1. The van der Waals surface area contributed by atoms with Gasteiger partial charge in [-0.2, -0.15) is 0 Å². The van der Waals surface area contributed by atoms with Crippen molar-refractivity contribution in [3.63, 3.8) is 0 Å². The van der Waals surface area contributed by atoms with E-state index in [9.17, 15) is 8.78 Å². The van der Waals surface area contributed by atoms with Crippen LogP contribution in [0.25, 0.3) is 22.3 Å². The van der Waals surface area contributed by atoms with Crippen LogP contribution in [0.3, 0.4) is 0 Å². The number of aromatic nitrogens is 3. The van der Waals surface area contributed by atoms with Gasteiger partial charge in [0.05, 0.1) is 5.52 Å². The zero-order chi connectivity index (χ0) is 18.8. The van der Waals surface area contributed by atoms with Gasteiger partial charge in [-0.3, -0.25) is 4.98 Å². The minimum atomic E-state index is -0.868. The summed E-state index contributed by atoms with van der Waals surface area (Å²) in [5, 5.41) is 4.08. The number of halogens is 3. The van der Waals surface area contributed by atoms with Gasteiger partial charge in [0.25, 0.3) is 0 Å². The lowest BCUT2D eigenvalue weighted by atomic mass is 10.2. The number of anilines is 1. The summed E-state index contributed by atoms with van der Waals surface area (Å²) in [5.41, 5.74) is 2.21. The number of rotatable bonds is 4. The average Bonchev–Trinajstić information content (AvgIpc) is 2.69. The van der Waals surface area contributed by atoms with E-state index in [1.807, 2.05) is 30.3 Å². The predicted octanol–water partition coefficient (Wildman–Crippen LogP) is 5.19. The molecule has 0 amide bonds. The molecular weight excluding hydrogens is 461 g/mol. The molecule has 1 N–H and O–H groups in total. The van der Waals surface area contributed by atoms with Crippen molar-refractivity contribution in [3.8, 4) is 11.4 Å². The van der Waals surface area contributed by atoms with Crippen molar-refractivity contribution in [3.05, 3.63) is 81.7 Å². The smallest absolute Gasteiger partial charge is 0.163 e. The van der Waals surface area contributed by atoms with Gasteiger partial charge in [0.2, 0.25) is 0 Å². The molecule has 0 spiro atoms. The van der Waals surface area contributed by atoms with Crippen molar-refractivity contribution in [2.75, 3.05) is 5.32 Å². The van der Waals surface area contributed by atoms with Gasteiger partial charge < -0.3 is 5.32 Å². The molecule has 0 atom stereocenters. The summed E-state index contributed by atoms with van der Waals surface area (Å²) in [6.45, 7) is 0.307. The summed E-state index contributed by atoms with van der Waals surface area (Å²) in [4.78, 5) is 13.4. The van der Waals surface area contributed by atoms with Gasteiger partial charge in [-0.1, -0.05) is 6.07 Å². The monoisotopic (exact) mass is 474 g/mol. The van der Waals surface area contributed by atoms with Crippen LogP contribution >= 0.6 is 22.6 Å². The fourth-order valence-electron chi connectivity index (χ4n) is 2.69. The highest BCUT2D eigenvalue weighted by molar-refractivity contribution is 14.1. The van der Waals surface area contributed by atoms with Crippen LogP contribution < -0.4 is 5.32 Å². The standard InChI is InChI=1S/C20H13F2IN4/c21-16-5-3-12(8-17(16)22)10-25-20-15-9-14(23)4-6-18(15)26-19(27-20)13-2-1-7-24-11-13/h1-9,11H,10H2,(H,25,26,27).